The fourth-order valence-corrected chi connectivity index (χ4v) is 2.59. The van der Waals surface area contributed by atoms with Crippen molar-refractivity contribution in [3.05, 3.63) is 0 Å². The van der Waals surface area contributed by atoms with Crippen LogP contribution in [0, 0.1) is 5.92 Å². The summed E-state index contributed by atoms with van der Waals surface area (Å²) in [6.45, 7) is 7.84. The van der Waals surface area contributed by atoms with E-state index in [-0.39, 0.29) is 17.9 Å². The van der Waals surface area contributed by atoms with Gasteiger partial charge in [-0.1, -0.05) is 78.6 Å². The average Bonchev–Trinajstić information content (AvgIpc) is 2.54. The zero-order valence-corrected chi connectivity index (χ0v) is 16.3. The Morgan fingerprint density at radius 1 is 0.750 bits per heavy atom. The molecule has 0 aliphatic rings. The van der Waals surface area contributed by atoms with Gasteiger partial charge in [-0.15, -0.1) is 0 Å². The van der Waals surface area contributed by atoms with Gasteiger partial charge in [0.1, 0.15) is 0 Å². The molecule has 0 aliphatic carbocycles. The second-order valence-corrected chi connectivity index (χ2v) is 6.76. The van der Waals surface area contributed by atoms with Gasteiger partial charge in [0.25, 0.3) is 0 Å². The second kappa shape index (κ2) is 15.5. The van der Waals surface area contributed by atoms with Crippen molar-refractivity contribution in [1.82, 2.24) is 0 Å². The van der Waals surface area contributed by atoms with Crippen molar-refractivity contribution in [1.29, 1.82) is 0 Å². The number of esters is 2. The van der Waals surface area contributed by atoms with Gasteiger partial charge in [-0.05, 0) is 12.8 Å². The van der Waals surface area contributed by atoms with Crippen molar-refractivity contribution in [2.75, 3.05) is 0 Å². The summed E-state index contributed by atoms with van der Waals surface area (Å²) in [7, 11) is 0. The molecule has 0 aromatic carbocycles. The monoisotopic (exact) mass is 342 g/mol. The van der Waals surface area contributed by atoms with Crippen molar-refractivity contribution in [3.8, 4) is 0 Å². The van der Waals surface area contributed by atoms with Gasteiger partial charge < -0.3 is 9.47 Å². The average molecular weight is 343 g/mol. The van der Waals surface area contributed by atoms with E-state index in [1.54, 1.807) is 6.92 Å². The molecular weight excluding hydrogens is 304 g/mol. The number of ether oxygens (including phenoxy) is 2. The lowest BCUT2D eigenvalue weighted by Gasteiger charge is -2.17. The van der Waals surface area contributed by atoms with Gasteiger partial charge in [0.2, 0.25) is 6.29 Å². The van der Waals surface area contributed by atoms with Crippen molar-refractivity contribution in [2.45, 2.75) is 111 Å². The molecule has 2 atom stereocenters. The maximum atomic E-state index is 11.9. The number of carbonyl (C=O) groups excluding carboxylic acids is 2. The molecule has 0 saturated heterocycles. The SMILES string of the molecule is CCCCCCCCC(=O)OC(C)OC(=O)C(C)CCCCCC. The van der Waals surface area contributed by atoms with Crippen LogP contribution in [0.3, 0.4) is 0 Å². The third-order valence-electron chi connectivity index (χ3n) is 4.21. The lowest BCUT2D eigenvalue weighted by molar-refractivity contribution is -0.187. The molecule has 4 nitrogen and oxygen atoms in total. The number of hydrogen-bond acceptors (Lipinski definition) is 4. The normalized spacial score (nSPS) is 13.3. The third-order valence-corrected chi connectivity index (χ3v) is 4.21. The van der Waals surface area contributed by atoms with Crippen molar-refractivity contribution in [2.24, 2.45) is 5.92 Å². The Morgan fingerprint density at radius 2 is 1.29 bits per heavy atom. The van der Waals surface area contributed by atoms with Crippen molar-refractivity contribution < 1.29 is 19.1 Å². The second-order valence-electron chi connectivity index (χ2n) is 6.76. The lowest BCUT2D eigenvalue weighted by atomic mass is 10.0. The maximum absolute atomic E-state index is 11.9. The minimum absolute atomic E-state index is 0.137. The fraction of sp³-hybridized carbons (Fsp3) is 0.900. The highest BCUT2D eigenvalue weighted by Gasteiger charge is 2.19. The topological polar surface area (TPSA) is 52.6 Å². The Labute approximate surface area is 148 Å². The highest BCUT2D eigenvalue weighted by Crippen LogP contribution is 2.14. The summed E-state index contributed by atoms with van der Waals surface area (Å²) < 4.78 is 10.4. The molecule has 24 heavy (non-hydrogen) atoms. The van der Waals surface area contributed by atoms with Gasteiger partial charge >= 0.3 is 11.9 Å². The first-order chi connectivity index (χ1) is 11.5. The molecule has 0 amide bonds. The molecule has 0 fully saturated rings. The molecule has 0 aliphatic heterocycles. The number of unbranched alkanes of at least 4 members (excludes halogenated alkanes) is 8. The van der Waals surface area contributed by atoms with E-state index in [0.717, 1.165) is 32.1 Å². The number of hydrogen-bond donors (Lipinski definition) is 0. The molecule has 0 rings (SSSR count). The zero-order chi connectivity index (χ0) is 18.2. The van der Waals surface area contributed by atoms with Crippen LogP contribution in [0.1, 0.15) is 105 Å². The minimum atomic E-state index is -0.789. The standard InChI is InChI=1S/C20H38O4/c1-5-7-9-11-12-14-16-19(21)23-18(4)24-20(22)17(3)15-13-10-8-6-2/h17-18H,5-16H2,1-4H3. The Bertz CT molecular complexity index is 328. The predicted molar refractivity (Wildman–Crippen MR) is 97.6 cm³/mol. The van der Waals surface area contributed by atoms with E-state index in [9.17, 15) is 9.59 Å². The van der Waals surface area contributed by atoms with Gasteiger partial charge in [-0.2, -0.15) is 0 Å². The predicted octanol–water partition coefficient (Wildman–Crippen LogP) is 5.78. The van der Waals surface area contributed by atoms with Gasteiger partial charge in [0.15, 0.2) is 0 Å². The van der Waals surface area contributed by atoms with E-state index in [1.807, 2.05) is 6.92 Å². The van der Waals surface area contributed by atoms with Gasteiger partial charge in [0.05, 0.1) is 5.92 Å². The molecule has 0 saturated carbocycles. The van der Waals surface area contributed by atoms with Crippen LogP contribution in [0.4, 0.5) is 0 Å². The molecule has 0 heterocycles. The fourth-order valence-electron chi connectivity index (χ4n) is 2.59. The van der Waals surface area contributed by atoms with Crippen LogP contribution < -0.4 is 0 Å². The first-order valence-corrected chi connectivity index (χ1v) is 9.91. The molecule has 2 unspecified atom stereocenters. The minimum Gasteiger partial charge on any atom is -0.425 e. The van der Waals surface area contributed by atoms with E-state index >= 15 is 0 Å². The molecule has 142 valence electrons. The Kier molecular flexibility index (Phi) is 14.8. The van der Waals surface area contributed by atoms with Crippen LogP contribution in [-0.4, -0.2) is 18.2 Å². The van der Waals surface area contributed by atoms with Crippen LogP contribution in [0.5, 0.6) is 0 Å². The third kappa shape index (κ3) is 13.4. The summed E-state index contributed by atoms with van der Waals surface area (Å²) in [5, 5.41) is 0. The van der Waals surface area contributed by atoms with Gasteiger partial charge in [-0.3, -0.25) is 9.59 Å². The summed E-state index contributed by atoms with van der Waals surface area (Å²) in [4.78, 5) is 23.7. The van der Waals surface area contributed by atoms with Crippen molar-refractivity contribution in [3.63, 3.8) is 0 Å². The van der Waals surface area contributed by atoms with Gasteiger partial charge in [0, 0.05) is 13.3 Å². The first kappa shape index (κ1) is 22.9. The number of rotatable bonds is 15. The zero-order valence-electron chi connectivity index (χ0n) is 16.3. The van der Waals surface area contributed by atoms with Crippen LogP contribution in [0.15, 0.2) is 0 Å². The Hall–Kier alpha value is -1.06. The van der Waals surface area contributed by atoms with Crippen LogP contribution in [0.25, 0.3) is 0 Å². The summed E-state index contributed by atoms with van der Waals surface area (Å²) in [6, 6.07) is 0. The van der Waals surface area contributed by atoms with E-state index < -0.39 is 6.29 Å². The lowest BCUT2D eigenvalue weighted by Crippen LogP contribution is -2.25. The highest BCUT2D eigenvalue weighted by atomic mass is 16.7. The molecule has 0 aromatic rings. The van der Waals surface area contributed by atoms with E-state index in [2.05, 4.69) is 13.8 Å². The van der Waals surface area contributed by atoms with Crippen LogP contribution in [0.2, 0.25) is 0 Å². The molecule has 0 spiro atoms. The molecule has 0 bridgehead atoms. The van der Waals surface area contributed by atoms with Crippen LogP contribution in [-0.2, 0) is 19.1 Å². The Morgan fingerprint density at radius 3 is 1.92 bits per heavy atom. The summed E-state index contributed by atoms with van der Waals surface area (Å²) >= 11 is 0. The first-order valence-electron chi connectivity index (χ1n) is 9.91. The van der Waals surface area contributed by atoms with Gasteiger partial charge in [-0.25, -0.2) is 0 Å². The molecule has 0 N–H and O–H groups in total. The molecule has 4 heteroatoms. The largest absolute Gasteiger partial charge is 0.425 e. The summed E-state index contributed by atoms with van der Waals surface area (Å²) in [6.07, 6.45) is 11.8. The highest BCUT2D eigenvalue weighted by molar-refractivity contribution is 5.73. The van der Waals surface area contributed by atoms with E-state index in [4.69, 9.17) is 9.47 Å². The summed E-state index contributed by atoms with van der Waals surface area (Å²) in [5.41, 5.74) is 0. The molecule has 0 radical (unpaired) electrons. The maximum Gasteiger partial charge on any atom is 0.311 e. The summed E-state index contributed by atoms with van der Waals surface area (Å²) in [5.74, 6) is -0.686. The van der Waals surface area contributed by atoms with Crippen LogP contribution >= 0.6 is 0 Å². The van der Waals surface area contributed by atoms with E-state index in [1.165, 1.54) is 38.5 Å². The van der Waals surface area contributed by atoms with E-state index in [0.29, 0.717) is 6.42 Å². The quantitative estimate of drug-likeness (QED) is 0.215. The van der Waals surface area contributed by atoms with Crippen molar-refractivity contribution >= 4 is 11.9 Å². The smallest absolute Gasteiger partial charge is 0.311 e. The Balaban J connectivity index is 3.75. The molecular formula is C20H38O4. The molecule has 0 aromatic heterocycles. The number of carbonyl (C=O) groups is 2.